The molecule has 2 N–H and O–H groups in total. The fourth-order valence-electron chi connectivity index (χ4n) is 3.02. The van der Waals surface area contributed by atoms with Crippen LogP contribution in [-0.4, -0.2) is 37.2 Å². The number of nitrogens with one attached hydrogen (secondary N) is 2. The Kier molecular flexibility index (Phi) is 3.18. The van der Waals surface area contributed by atoms with E-state index in [0.29, 0.717) is 5.75 Å². The van der Waals surface area contributed by atoms with Crippen molar-refractivity contribution in [1.29, 1.82) is 0 Å². The molecule has 5 rings (SSSR count). The number of ether oxygens (including phenoxy) is 1. The van der Waals surface area contributed by atoms with Crippen LogP contribution in [0.2, 0.25) is 0 Å². The van der Waals surface area contributed by atoms with Crippen LogP contribution in [0.3, 0.4) is 0 Å². The summed E-state index contributed by atoms with van der Waals surface area (Å²) < 4.78 is 5.26. The van der Waals surface area contributed by atoms with Gasteiger partial charge in [-0.25, -0.2) is 4.98 Å². The summed E-state index contributed by atoms with van der Waals surface area (Å²) in [5.41, 5.74) is 6.00. The van der Waals surface area contributed by atoms with Crippen LogP contribution in [0.5, 0.6) is 5.75 Å². The van der Waals surface area contributed by atoms with E-state index in [0.717, 1.165) is 44.6 Å². The number of fused-ring (bicyclic) bond motifs is 2. The van der Waals surface area contributed by atoms with Gasteiger partial charge in [0.25, 0.3) is 0 Å². The lowest BCUT2D eigenvalue weighted by molar-refractivity contribution is 0.413. The van der Waals surface area contributed by atoms with Gasteiger partial charge in [-0.3, -0.25) is 15.1 Å². The summed E-state index contributed by atoms with van der Waals surface area (Å²) >= 11 is 0. The van der Waals surface area contributed by atoms with E-state index >= 15 is 0 Å². The molecule has 0 radical (unpaired) electrons. The van der Waals surface area contributed by atoms with Crippen molar-refractivity contribution in [2.75, 3.05) is 7.11 Å². The first-order chi connectivity index (χ1) is 12.8. The van der Waals surface area contributed by atoms with Crippen LogP contribution in [-0.2, 0) is 0 Å². The molecule has 7 heteroatoms. The number of hydrogen-bond acceptors (Lipinski definition) is 5. The Morgan fingerprint density at radius 3 is 2.81 bits per heavy atom. The van der Waals surface area contributed by atoms with Crippen LogP contribution in [0.25, 0.3) is 44.6 Å². The molecule has 5 aromatic rings. The highest BCUT2D eigenvalue weighted by atomic mass is 16.5. The minimum absolute atomic E-state index is 0.694. The number of pyridine rings is 3. The van der Waals surface area contributed by atoms with Gasteiger partial charge in [0.2, 0.25) is 0 Å². The molecule has 5 aromatic heterocycles. The molecule has 126 valence electrons. The highest BCUT2D eigenvalue weighted by molar-refractivity contribution is 5.94. The SMILES string of the molecule is COc1cncc(-c2ccc3[nH]nc(-c4cc5ccncc5[nH]4)c3n2)c1. The van der Waals surface area contributed by atoms with E-state index < -0.39 is 0 Å². The van der Waals surface area contributed by atoms with E-state index in [4.69, 9.17) is 9.72 Å². The van der Waals surface area contributed by atoms with Gasteiger partial charge >= 0.3 is 0 Å². The minimum Gasteiger partial charge on any atom is -0.495 e. The van der Waals surface area contributed by atoms with Crippen LogP contribution < -0.4 is 4.74 Å². The molecule has 0 bridgehead atoms. The molecule has 5 heterocycles. The molecule has 0 saturated heterocycles. The normalized spacial score (nSPS) is 11.3. The summed E-state index contributed by atoms with van der Waals surface area (Å²) in [4.78, 5) is 16.5. The minimum atomic E-state index is 0.694. The first-order valence-corrected chi connectivity index (χ1v) is 8.09. The van der Waals surface area contributed by atoms with Crippen LogP contribution in [0.15, 0.2) is 55.1 Å². The fraction of sp³-hybridized carbons (Fsp3) is 0.0526. The standard InChI is InChI=1S/C19H14N6O/c1-26-13-6-12(8-21-9-13)14-2-3-15-18(23-14)19(25-24-15)16-7-11-4-5-20-10-17(11)22-16/h2-10,22H,1H3,(H,24,25). The summed E-state index contributed by atoms with van der Waals surface area (Å²) in [5, 5.41) is 8.58. The third kappa shape index (κ3) is 2.29. The molecular weight excluding hydrogens is 328 g/mol. The molecule has 0 spiro atoms. The van der Waals surface area contributed by atoms with Gasteiger partial charge in [0, 0.05) is 23.3 Å². The van der Waals surface area contributed by atoms with E-state index in [1.54, 1.807) is 31.9 Å². The molecule has 0 aliphatic carbocycles. The van der Waals surface area contributed by atoms with Gasteiger partial charge in [0.15, 0.2) is 0 Å². The summed E-state index contributed by atoms with van der Waals surface area (Å²) in [5.74, 6) is 0.694. The number of aromatic amines is 2. The van der Waals surface area contributed by atoms with Crippen molar-refractivity contribution in [3.8, 4) is 28.4 Å². The smallest absolute Gasteiger partial charge is 0.137 e. The van der Waals surface area contributed by atoms with Crippen molar-refractivity contribution in [3.05, 3.63) is 55.1 Å². The van der Waals surface area contributed by atoms with Crippen molar-refractivity contribution in [2.24, 2.45) is 0 Å². The van der Waals surface area contributed by atoms with Crippen LogP contribution in [0.1, 0.15) is 0 Å². The van der Waals surface area contributed by atoms with Gasteiger partial charge in [-0.05, 0) is 30.3 Å². The lowest BCUT2D eigenvalue weighted by Crippen LogP contribution is -1.89. The molecular formula is C19H14N6O. The summed E-state index contributed by atoms with van der Waals surface area (Å²) in [7, 11) is 1.62. The van der Waals surface area contributed by atoms with Crippen LogP contribution >= 0.6 is 0 Å². The molecule has 0 unspecified atom stereocenters. The average molecular weight is 342 g/mol. The molecule has 0 atom stereocenters. The number of nitrogens with zero attached hydrogens (tertiary/aromatic N) is 4. The number of H-pyrrole nitrogens is 2. The zero-order valence-electron chi connectivity index (χ0n) is 13.9. The summed E-state index contributed by atoms with van der Waals surface area (Å²) in [6.07, 6.45) is 7.01. The molecule has 0 aromatic carbocycles. The number of aromatic nitrogens is 6. The second-order valence-corrected chi connectivity index (χ2v) is 5.92. The van der Waals surface area contributed by atoms with Crippen LogP contribution in [0.4, 0.5) is 0 Å². The topological polar surface area (TPSA) is 92.4 Å². The quantitative estimate of drug-likeness (QED) is 0.523. The first kappa shape index (κ1) is 14.6. The maximum absolute atomic E-state index is 5.26. The molecule has 0 saturated carbocycles. The third-order valence-corrected chi connectivity index (χ3v) is 4.33. The zero-order valence-corrected chi connectivity index (χ0v) is 13.9. The van der Waals surface area contributed by atoms with E-state index in [1.165, 1.54) is 0 Å². The Labute approximate surface area is 148 Å². The van der Waals surface area contributed by atoms with E-state index in [1.807, 2.05) is 30.3 Å². The average Bonchev–Trinajstić information content (AvgIpc) is 3.31. The molecule has 7 nitrogen and oxygen atoms in total. The summed E-state index contributed by atoms with van der Waals surface area (Å²) in [6.45, 7) is 0. The van der Waals surface area contributed by atoms with Gasteiger partial charge in [-0.15, -0.1) is 0 Å². The lowest BCUT2D eigenvalue weighted by atomic mass is 10.1. The van der Waals surface area contributed by atoms with E-state index in [2.05, 4.69) is 25.1 Å². The fourth-order valence-corrected chi connectivity index (χ4v) is 3.02. The number of rotatable bonds is 3. The monoisotopic (exact) mass is 342 g/mol. The van der Waals surface area contributed by atoms with Crippen molar-refractivity contribution in [2.45, 2.75) is 0 Å². The predicted octanol–water partition coefficient (Wildman–Crippen LogP) is 3.57. The van der Waals surface area contributed by atoms with Gasteiger partial charge in [0.1, 0.15) is 17.0 Å². The second kappa shape index (κ2) is 5.66. The van der Waals surface area contributed by atoms with Gasteiger partial charge in [0.05, 0.1) is 41.9 Å². The molecule has 0 aliphatic heterocycles. The van der Waals surface area contributed by atoms with Gasteiger partial charge < -0.3 is 9.72 Å². The second-order valence-electron chi connectivity index (χ2n) is 5.92. The largest absolute Gasteiger partial charge is 0.495 e. The van der Waals surface area contributed by atoms with Crippen molar-refractivity contribution in [3.63, 3.8) is 0 Å². The van der Waals surface area contributed by atoms with E-state index in [9.17, 15) is 0 Å². The van der Waals surface area contributed by atoms with Crippen molar-refractivity contribution < 1.29 is 4.74 Å². The highest BCUT2D eigenvalue weighted by Crippen LogP contribution is 2.29. The number of hydrogen-bond donors (Lipinski definition) is 2. The molecule has 26 heavy (non-hydrogen) atoms. The first-order valence-electron chi connectivity index (χ1n) is 8.09. The van der Waals surface area contributed by atoms with Crippen LogP contribution in [0, 0.1) is 0 Å². The van der Waals surface area contributed by atoms with Crippen molar-refractivity contribution in [1.82, 2.24) is 30.1 Å². The maximum Gasteiger partial charge on any atom is 0.137 e. The Morgan fingerprint density at radius 1 is 0.962 bits per heavy atom. The Bertz CT molecular complexity index is 1210. The van der Waals surface area contributed by atoms with Crippen molar-refractivity contribution >= 4 is 21.9 Å². The third-order valence-electron chi connectivity index (χ3n) is 4.33. The lowest BCUT2D eigenvalue weighted by Gasteiger charge is -2.04. The maximum atomic E-state index is 5.26. The zero-order chi connectivity index (χ0) is 17.5. The molecule has 0 aliphatic rings. The van der Waals surface area contributed by atoms with E-state index in [-0.39, 0.29) is 0 Å². The predicted molar refractivity (Wildman–Crippen MR) is 98.8 cm³/mol. The summed E-state index contributed by atoms with van der Waals surface area (Å²) in [6, 6.07) is 9.84. The Morgan fingerprint density at radius 2 is 1.92 bits per heavy atom. The van der Waals surface area contributed by atoms with Gasteiger partial charge in [-0.1, -0.05) is 0 Å². The molecule has 0 amide bonds. The Hall–Kier alpha value is -3.74. The van der Waals surface area contributed by atoms with Gasteiger partial charge in [-0.2, -0.15) is 5.10 Å². The number of methoxy groups -OCH3 is 1. The Balaban J connectivity index is 1.67. The molecule has 0 fully saturated rings. The highest BCUT2D eigenvalue weighted by Gasteiger charge is 2.14.